The van der Waals surface area contributed by atoms with Gasteiger partial charge in [0.1, 0.15) is 10.6 Å². The molecular formula is C23H31N7O4S. The van der Waals surface area contributed by atoms with Gasteiger partial charge < -0.3 is 21.1 Å². The number of amides is 2. The summed E-state index contributed by atoms with van der Waals surface area (Å²) < 4.78 is 25.2. The Morgan fingerprint density at radius 2 is 1.86 bits per heavy atom. The van der Waals surface area contributed by atoms with Crippen molar-refractivity contribution in [2.45, 2.75) is 38.1 Å². The second-order valence-corrected chi connectivity index (χ2v) is 11.4. The number of nitrogens with zero attached hydrogens (tertiary/aromatic N) is 4. The zero-order valence-corrected chi connectivity index (χ0v) is 21.2. The van der Waals surface area contributed by atoms with E-state index in [0.29, 0.717) is 35.1 Å². The number of aryl methyl sites for hydroxylation is 1. The summed E-state index contributed by atoms with van der Waals surface area (Å²) >= 11 is 0. The number of aromatic nitrogens is 4. The highest BCUT2D eigenvalue weighted by molar-refractivity contribution is 7.91. The van der Waals surface area contributed by atoms with E-state index < -0.39 is 14.6 Å². The predicted molar refractivity (Wildman–Crippen MR) is 135 cm³/mol. The molecule has 3 rings (SSSR count). The lowest BCUT2D eigenvalue weighted by molar-refractivity contribution is 0.251. The Hall–Kier alpha value is -3.51. The molecule has 0 saturated carbocycles. The van der Waals surface area contributed by atoms with E-state index in [2.05, 4.69) is 31.0 Å². The molecular weight excluding hydrogens is 470 g/mol. The summed E-state index contributed by atoms with van der Waals surface area (Å²) in [5.74, 6) is 0.720. The van der Waals surface area contributed by atoms with E-state index in [4.69, 9.17) is 0 Å². The van der Waals surface area contributed by atoms with Gasteiger partial charge in [-0.3, -0.25) is 4.68 Å². The van der Waals surface area contributed by atoms with Crippen LogP contribution in [0.1, 0.15) is 32.2 Å². The molecule has 35 heavy (non-hydrogen) atoms. The van der Waals surface area contributed by atoms with Crippen LogP contribution < -0.4 is 16.0 Å². The fourth-order valence-electron chi connectivity index (χ4n) is 3.05. The Labute approximate surface area is 204 Å². The summed E-state index contributed by atoms with van der Waals surface area (Å²) in [4.78, 5) is 21.2. The molecule has 12 heteroatoms. The van der Waals surface area contributed by atoms with Crippen molar-refractivity contribution in [3.63, 3.8) is 0 Å². The van der Waals surface area contributed by atoms with Crippen molar-refractivity contribution in [1.82, 2.24) is 25.1 Å². The smallest absolute Gasteiger partial charge is 0.319 e. The van der Waals surface area contributed by atoms with E-state index >= 15 is 0 Å². The highest BCUT2D eigenvalue weighted by Gasteiger charge is 2.35. The van der Waals surface area contributed by atoms with Crippen LogP contribution in [0.4, 0.5) is 16.3 Å². The summed E-state index contributed by atoms with van der Waals surface area (Å²) in [6.07, 6.45) is 2.96. The molecule has 2 aromatic heterocycles. The van der Waals surface area contributed by atoms with Gasteiger partial charge in [0.25, 0.3) is 0 Å². The quantitative estimate of drug-likeness (QED) is 0.349. The Balaban J connectivity index is 1.81. The molecule has 3 aromatic rings. The summed E-state index contributed by atoms with van der Waals surface area (Å²) in [6, 6.07) is 9.62. The molecule has 0 saturated heterocycles. The molecule has 4 N–H and O–H groups in total. The van der Waals surface area contributed by atoms with Crippen LogP contribution in [0.3, 0.4) is 0 Å². The SMILES string of the molecule is C[C@@H](CO)Nc1cc(C(C)(C)S(C)(=O)=O)nc(-c2ccc(NC(=O)NCc3ccn(C)n3)cc2)n1. The van der Waals surface area contributed by atoms with Gasteiger partial charge in [-0.2, -0.15) is 5.10 Å². The minimum Gasteiger partial charge on any atom is -0.394 e. The van der Waals surface area contributed by atoms with Gasteiger partial charge in [-0.05, 0) is 51.1 Å². The van der Waals surface area contributed by atoms with Crippen LogP contribution in [0.15, 0.2) is 42.6 Å². The number of carbonyl (C=O) groups excluding carboxylic acids is 1. The van der Waals surface area contributed by atoms with Crippen LogP contribution in [0.5, 0.6) is 0 Å². The molecule has 2 heterocycles. The first-order valence-electron chi connectivity index (χ1n) is 11.0. The monoisotopic (exact) mass is 501 g/mol. The highest BCUT2D eigenvalue weighted by Crippen LogP contribution is 2.31. The fraction of sp³-hybridized carbons (Fsp3) is 0.391. The van der Waals surface area contributed by atoms with Gasteiger partial charge in [-0.25, -0.2) is 23.2 Å². The van der Waals surface area contributed by atoms with E-state index in [1.165, 1.54) is 0 Å². The molecule has 1 atom stereocenters. The summed E-state index contributed by atoms with van der Waals surface area (Å²) in [5.41, 5.74) is 2.27. The maximum atomic E-state index is 12.4. The Bertz CT molecular complexity index is 1290. The number of sulfone groups is 1. The molecule has 0 aliphatic heterocycles. The number of carbonyl (C=O) groups is 1. The van der Waals surface area contributed by atoms with Crippen molar-refractivity contribution in [2.75, 3.05) is 23.5 Å². The average Bonchev–Trinajstić information content (AvgIpc) is 3.22. The second-order valence-electron chi connectivity index (χ2n) is 8.84. The van der Waals surface area contributed by atoms with Crippen LogP contribution in [-0.2, 0) is 28.2 Å². The Kier molecular flexibility index (Phi) is 7.76. The largest absolute Gasteiger partial charge is 0.394 e. The van der Waals surface area contributed by atoms with Crippen molar-refractivity contribution < 1.29 is 18.3 Å². The lowest BCUT2D eigenvalue weighted by Crippen LogP contribution is -2.30. The van der Waals surface area contributed by atoms with Crippen molar-refractivity contribution in [2.24, 2.45) is 7.05 Å². The molecule has 2 amide bonds. The fourth-order valence-corrected chi connectivity index (χ4v) is 3.54. The van der Waals surface area contributed by atoms with Gasteiger partial charge in [0.05, 0.1) is 24.5 Å². The summed E-state index contributed by atoms with van der Waals surface area (Å²) in [7, 11) is -1.67. The van der Waals surface area contributed by atoms with Crippen LogP contribution in [0.25, 0.3) is 11.4 Å². The van der Waals surface area contributed by atoms with E-state index in [0.717, 1.165) is 11.9 Å². The third-order valence-electron chi connectivity index (χ3n) is 5.54. The molecule has 11 nitrogen and oxygen atoms in total. The molecule has 0 fully saturated rings. The average molecular weight is 502 g/mol. The number of nitrogens with one attached hydrogen (secondary N) is 3. The molecule has 0 spiro atoms. The lowest BCUT2D eigenvalue weighted by Gasteiger charge is -2.23. The third kappa shape index (κ3) is 6.55. The van der Waals surface area contributed by atoms with E-state index in [1.54, 1.807) is 69.0 Å². The normalized spacial score (nSPS) is 12.7. The van der Waals surface area contributed by atoms with Crippen LogP contribution >= 0.6 is 0 Å². The van der Waals surface area contributed by atoms with Gasteiger partial charge in [0.2, 0.25) is 0 Å². The van der Waals surface area contributed by atoms with Crippen molar-refractivity contribution in [3.05, 3.63) is 54.0 Å². The number of hydrogen-bond acceptors (Lipinski definition) is 8. The van der Waals surface area contributed by atoms with Crippen molar-refractivity contribution >= 4 is 27.4 Å². The minimum atomic E-state index is -3.48. The molecule has 1 aromatic carbocycles. The predicted octanol–water partition coefficient (Wildman–Crippen LogP) is 2.27. The van der Waals surface area contributed by atoms with Gasteiger partial charge >= 0.3 is 6.03 Å². The first-order chi connectivity index (χ1) is 16.4. The maximum absolute atomic E-state index is 12.4. The number of aliphatic hydroxyl groups is 1. The van der Waals surface area contributed by atoms with Gasteiger partial charge in [0, 0.05) is 42.9 Å². The molecule has 0 aliphatic rings. The van der Waals surface area contributed by atoms with Crippen LogP contribution in [0, 0.1) is 0 Å². The van der Waals surface area contributed by atoms with Crippen molar-refractivity contribution in [3.8, 4) is 11.4 Å². The Morgan fingerprint density at radius 3 is 2.43 bits per heavy atom. The molecule has 0 unspecified atom stereocenters. The number of hydrogen-bond donors (Lipinski definition) is 4. The zero-order chi connectivity index (χ0) is 25.8. The standard InChI is InChI=1S/C23H31N7O4S/c1-15(14-31)25-20-12-19(23(2,3)35(5,33)34)27-21(28-20)16-6-8-17(9-7-16)26-22(32)24-13-18-10-11-30(4)29-18/h6-12,15,31H,13-14H2,1-5H3,(H2,24,26,32)(H,25,27,28)/t15-/m0/s1. The lowest BCUT2D eigenvalue weighted by atomic mass is 10.1. The van der Waals surface area contributed by atoms with Gasteiger partial charge in [-0.15, -0.1) is 0 Å². The Morgan fingerprint density at radius 1 is 1.17 bits per heavy atom. The molecule has 0 aliphatic carbocycles. The highest BCUT2D eigenvalue weighted by atomic mass is 32.2. The number of benzene rings is 1. The van der Waals surface area contributed by atoms with Gasteiger partial charge in [-0.1, -0.05) is 0 Å². The van der Waals surface area contributed by atoms with E-state index in [1.807, 2.05) is 6.07 Å². The first-order valence-corrected chi connectivity index (χ1v) is 12.9. The minimum absolute atomic E-state index is 0.118. The number of anilines is 2. The molecule has 0 radical (unpaired) electrons. The zero-order valence-electron chi connectivity index (χ0n) is 20.4. The number of aliphatic hydroxyl groups excluding tert-OH is 1. The van der Waals surface area contributed by atoms with E-state index in [-0.39, 0.29) is 18.7 Å². The number of rotatable bonds is 9. The van der Waals surface area contributed by atoms with Crippen LogP contribution in [-0.4, -0.2) is 58.2 Å². The topological polar surface area (TPSA) is 151 Å². The van der Waals surface area contributed by atoms with E-state index in [9.17, 15) is 18.3 Å². The number of urea groups is 1. The summed E-state index contributed by atoms with van der Waals surface area (Å²) in [6.45, 7) is 5.13. The van der Waals surface area contributed by atoms with Crippen molar-refractivity contribution in [1.29, 1.82) is 0 Å². The molecule has 188 valence electrons. The summed E-state index contributed by atoms with van der Waals surface area (Å²) in [5, 5.41) is 22.2. The molecule has 0 bridgehead atoms. The second kappa shape index (κ2) is 10.4. The first kappa shape index (κ1) is 26.1. The maximum Gasteiger partial charge on any atom is 0.319 e. The van der Waals surface area contributed by atoms with Gasteiger partial charge in [0.15, 0.2) is 15.7 Å². The third-order valence-corrected chi connectivity index (χ3v) is 7.60. The van der Waals surface area contributed by atoms with Crippen LogP contribution in [0.2, 0.25) is 0 Å².